The number of para-hydroxylation sites is 1. The molecule has 2 aliphatic heterocycles. The Morgan fingerprint density at radius 3 is 2.50 bits per heavy atom. The molecule has 0 aliphatic carbocycles. The molecule has 1 aromatic heterocycles. The monoisotopic (exact) mass is 610 g/mol. The van der Waals surface area contributed by atoms with Gasteiger partial charge in [0.1, 0.15) is 5.60 Å². The third-order valence-corrected chi connectivity index (χ3v) is 8.10. The fraction of sp³-hybridized carbons (Fsp3) is 0.667. The molecule has 0 unspecified atom stereocenters. The van der Waals surface area contributed by atoms with E-state index < -0.39 is 11.7 Å². The van der Waals surface area contributed by atoms with Gasteiger partial charge in [0.25, 0.3) is 5.91 Å². The molecule has 242 valence electrons. The fourth-order valence-corrected chi connectivity index (χ4v) is 6.12. The number of aromatic nitrogens is 3. The van der Waals surface area contributed by atoms with E-state index >= 15 is 0 Å². The van der Waals surface area contributed by atoms with Crippen molar-refractivity contribution in [3.8, 4) is 5.69 Å². The highest BCUT2D eigenvalue weighted by Crippen LogP contribution is 2.28. The van der Waals surface area contributed by atoms with Crippen molar-refractivity contribution >= 4 is 17.9 Å². The number of rotatable bonds is 11. The second-order valence-electron chi connectivity index (χ2n) is 13.4. The van der Waals surface area contributed by atoms with E-state index in [1.807, 2.05) is 60.9 Å². The van der Waals surface area contributed by atoms with Gasteiger partial charge in [-0.25, -0.2) is 9.48 Å². The molecule has 4 rings (SSSR count). The first-order valence-corrected chi connectivity index (χ1v) is 16.1. The molecule has 11 nitrogen and oxygen atoms in total. The maximum Gasteiger partial charge on any atom is 0.410 e. The number of piperidine rings is 2. The second-order valence-corrected chi connectivity index (χ2v) is 13.4. The smallest absolute Gasteiger partial charge is 0.410 e. The van der Waals surface area contributed by atoms with Crippen molar-refractivity contribution in [2.45, 2.75) is 97.2 Å². The first-order chi connectivity index (χ1) is 21.0. The van der Waals surface area contributed by atoms with Gasteiger partial charge in [-0.1, -0.05) is 37.3 Å². The van der Waals surface area contributed by atoms with Crippen molar-refractivity contribution in [3.05, 3.63) is 41.7 Å². The van der Waals surface area contributed by atoms with E-state index in [1.165, 1.54) is 0 Å². The second kappa shape index (κ2) is 15.0. The number of hydrogen-bond donors (Lipinski definition) is 0. The molecule has 2 atom stereocenters. The van der Waals surface area contributed by atoms with Crippen molar-refractivity contribution in [3.63, 3.8) is 0 Å². The van der Waals surface area contributed by atoms with Crippen LogP contribution in [-0.2, 0) is 20.7 Å². The lowest BCUT2D eigenvalue weighted by molar-refractivity contribution is -0.137. The summed E-state index contributed by atoms with van der Waals surface area (Å²) < 4.78 is 12.8. The molecule has 2 aliphatic rings. The van der Waals surface area contributed by atoms with Crippen molar-refractivity contribution in [2.24, 2.45) is 5.92 Å². The molecule has 2 aromatic rings. The Hall–Kier alpha value is -3.47. The van der Waals surface area contributed by atoms with Gasteiger partial charge in [-0.2, -0.15) is 0 Å². The van der Waals surface area contributed by atoms with Crippen LogP contribution in [0.15, 0.2) is 30.3 Å². The number of methoxy groups -OCH3 is 1. The predicted octanol–water partition coefficient (Wildman–Crippen LogP) is 4.73. The van der Waals surface area contributed by atoms with Crippen LogP contribution in [0.25, 0.3) is 5.69 Å². The van der Waals surface area contributed by atoms with Gasteiger partial charge < -0.3 is 24.2 Å². The topological polar surface area (TPSA) is 110 Å². The Morgan fingerprint density at radius 1 is 1.09 bits per heavy atom. The Balaban J connectivity index is 1.69. The average Bonchev–Trinajstić information content (AvgIpc) is 3.41. The van der Waals surface area contributed by atoms with Gasteiger partial charge >= 0.3 is 6.09 Å². The Kier molecular flexibility index (Phi) is 11.4. The maximum atomic E-state index is 14.6. The normalized spacial score (nSPS) is 19.4. The lowest BCUT2D eigenvalue weighted by atomic mass is 9.95. The number of unbranched alkanes of at least 4 members (excludes halogenated alkanes) is 1. The number of nitrogens with zero attached hydrogens (tertiary/aromatic N) is 6. The number of carbonyl (C=O) groups is 3. The van der Waals surface area contributed by atoms with Gasteiger partial charge in [-0.05, 0) is 77.3 Å². The minimum atomic E-state index is -0.665. The van der Waals surface area contributed by atoms with Gasteiger partial charge in [0.2, 0.25) is 5.91 Å². The molecule has 1 aromatic carbocycles. The predicted molar refractivity (Wildman–Crippen MR) is 168 cm³/mol. The molecule has 0 N–H and O–H groups in total. The molecular weight excluding hydrogens is 560 g/mol. The van der Waals surface area contributed by atoms with Crippen LogP contribution >= 0.6 is 0 Å². The van der Waals surface area contributed by atoms with Crippen LogP contribution in [-0.4, -0.2) is 105 Å². The minimum absolute atomic E-state index is 0.108. The third-order valence-electron chi connectivity index (χ3n) is 8.10. The summed E-state index contributed by atoms with van der Waals surface area (Å²) in [4.78, 5) is 46.4. The van der Waals surface area contributed by atoms with Gasteiger partial charge in [0, 0.05) is 46.3 Å². The molecule has 0 saturated carbocycles. The summed E-state index contributed by atoms with van der Waals surface area (Å²) in [5.74, 6) is 0.0690. The highest BCUT2D eigenvalue weighted by atomic mass is 16.6. The largest absolute Gasteiger partial charge is 0.444 e. The van der Waals surface area contributed by atoms with Crippen LogP contribution in [0.3, 0.4) is 0 Å². The molecule has 2 fully saturated rings. The molecule has 44 heavy (non-hydrogen) atoms. The summed E-state index contributed by atoms with van der Waals surface area (Å²) in [6.45, 7) is 12.2. The summed E-state index contributed by atoms with van der Waals surface area (Å²) in [6.07, 6.45) is 4.75. The SMILES string of the molecule is COCCCCc1c(C(=O)N(CC(C)C)[C@H]2C[C@@H](N3CCCCC3=O)CN(C(=O)OC(C)(C)C)C2)nnn1-c1ccccc1. The zero-order valence-corrected chi connectivity index (χ0v) is 27.3. The van der Waals surface area contributed by atoms with Gasteiger partial charge in [-0.15, -0.1) is 5.10 Å². The van der Waals surface area contributed by atoms with Gasteiger partial charge in [-0.3, -0.25) is 9.59 Å². The van der Waals surface area contributed by atoms with Crippen molar-refractivity contribution < 1.29 is 23.9 Å². The minimum Gasteiger partial charge on any atom is -0.444 e. The van der Waals surface area contributed by atoms with Crippen LogP contribution in [0.5, 0.6) is 0 Å². The van der Waals surface area contributed by atoms with Crippen LogP contribution in [0.2, 0.25) is 0 Å². The van der Waals surface area contributed by atoms with E-state index in [0.29, 0.717) is 57.7 Å². The van der Waals surface area contributed by atoms with Crippen LogP contribution in [0.1, 0.15) is 89.3 Å². The molecule has 0 radical (unpaired) electrons. The van der Waals surface area contributed by atoms with E-state index in [1.54, 1.807) is 16.7 Å². The van der Waals surface area contributed by atoms with E-state index in [0.717, 1.165) is 37.1 Å². The first kappa shape index (κ1) is 33.4. The maximum absolute atomic E-state index is 14.6. The Bertz CT molecular complexity index is 1260. The first-order valence-electron chi connectivity index (χ1n) is 16.1. The molecule has 3 heterocycles. The summed E-state index contributed by atoms with van der Waals surface area (Å²) in [5.41, 5.74) is 1.26. The van der Waals surface area contributed by atoms with E-state index in [4.69, 9.17) is 9.47 Å². The van der Waals surface area contributed by atoms with E-state index in [-0.39, 0.29) is 29.8 Å². The lowest BCUT2D eigenvalue weighted by Gasteiger charge is -2.47. The number of carbonyl (C=O) groups excluding carboxylic acids is 3. The third kappa shape index (κ3) is 8.58. The quantitative estimate of drug-likeness (QED) is 0.339. The molecule has 2 saturated heterocycles. The number of ether oxygens (including phenoxy) is 2. The molecule has 11 heteroatoms. The van der Waals surface area contributed by atoms with Crippen molar-refractivity contribution in [1.29, 1.82) is 0 Å². The molecule has 0 spiro atoms. The van der Waals surface area contributed by atoms with Gasteiger partial charge in [0.05, 0.1) is 23.5 Å². The number of likely N-dealkylation sites (tertiary alicyclic amines) is 2. The summed E-state index contributed by atoms with van der Waals surface area (Å²) in [5, 5.41) is 8.90. The summed E-state index contributed by atoms with van der Waals surface area (Å²) in [7, 11) is 1.68. The molecule has 3 amide bonds. The highest BCUT2D eigenvalue weighted by Gasteiger charge is 2.41. The number of amides is 3. The van der Waals surface area contributed by atoms with Crippen LogP contribution < -0.4 is 0 Å². The highest BCUT2D eigenvalue weighted by molar-refractivity contribution is 5.94. The Labute approximate surface area is 261 Å². The van der Waals surface area contributed by atoms with Crippen LogP contribution in [0, 0.1) is 5.92 Å². The molecular formula is C33H50N6O5. The molecule has 0 bridgehead atoms. The van der Waals surface area contributed by atoms with Crippen molar-refractivity contribution in [1.82, 2.24) is 29.7 Å². The zero-order valence-electron chi connectivity index (χ0n) is 27.3. The summed E-state index contributed by atoms with van der Waals surface area (Å²) in [6, 6.07) is 9.19. The standard InChI is InChI=1S/C33H50N6O5/c1-24(2)21-38(31(41)30-28(16-11-13-19-43-6)39(35-34-30)25-14-8-7-9-15-25)27-20-26(37-18-12-10-17-29(37)40)22-36(23-27)32(42)44-33(3,4)5/h7-9,14-15,24,26-27H,10-13,16-23H2,1-6H3/t26-,27+/m1/s1. The van der Waals surface area contributed by atoms with E-state index in [2.05, 4.69) is 24.2 Å². The van der Waals surface area contributed by atoms with Crippen LogP contribution in [0.4, 0.5) is 4.79 Å². The van der Waals surface area contributed by atoms with Gasteiger partial charge in [0.15, 0.2) is 5.69 Å². The average molecular weight is 611 g/mol. The lowest BCUT2D eigenvalue weighted by Crippen LogP contribution is -2.61. The number of hydrogen-bond acceptors (Lipinski definition) is 7. The Morgan fingerprint density at radius 2 is 1.84 bits per heavy atom. The van der Waals surface area contributed by atoms with Crippen molar-refractivity contribution in [2.75, 3.05) is 39.9 Å². The zero-order chi connectivity index (χ0) is 31.9. The van der Waals surface area contributed by atoms with E-state index in [9.17, 15) is 14.4 Å². The number of benzene rings is 1. The summed E-state index contributed by atoms with van der Waals surface area (Å²) >= 11 is 0. The fourth-order valence-electron chi connectivity index (χ4n) is 6.12.